The molecule has 1 aliphatic rings. The van der Waals surface area contributed by atoms with Gasteiger partial charge in [-0.3, -0.25) is 9.69 Å². The number of amides is 2. The highest BCUT2D eigenvalue weighted by atomic mass is 16.6. The van der Waals surface area contributed by atoms with E-state index in [1.807, 2.05) is 45.0 Å². The van der Waals surface area contributed by atoms with Crippen molar-refractivity contribution in [2.24, 2.45) is 0 Å². The fraction of sp³-hybridized carbons (Fsp3) is 0.524. The van der Waals surface area contributed by atoms with Gasteiger partial charge in [-0.1, -0.05) is 12.1 Å². The lowest BCUT2D eigenvalue weighted by Gasteiger charge is -2.35. The highest BCUT2D eigenvalue weighted by Gasteiger charge is 2.25. The van der Waals surface area contributed by atoms with Crippen LogP contribution in [0.1, 0.15) is 36.7 Å². The van der Waals surface area contributed by atoms with Gasteiger partial charge < -0.3 is 15.0 Å². The molecule has 162 valence electrons. The van der Waals surface area contributed by atoms with Crippen LogP contribution >= 0.6 is 0 Å². The molecule has 0 unspecified atom stereocenters. The van der Waals surface area contributed by atoms with E-state index in [1.165, 1.54) is 6.33 Å². The number of nitrogens with zero attached hydrogens (tertiary/aromatic N) is 5. The van der Waals surface area contributed by atoms with Crippen molar-refractivity contribution in [3.8, 4) is 0 Å². The lowest BCUT2D eigenvalue weighted by atomic mass is 10.1. The van der Waals surface area contributed by atoms with Crippen molar-refractivity contribution in [1.29, 1.82) is 0 Å². The first-order chi connectivity index (χ1) is 14.3. The number of carbonyl (C=O) groups excluding carboxylic acids is 2. The Labute approximate surface area is 177 Å². The molecule has 30 heavy (non-hydrogen) atoms. The largest absolute Gasteiger partial charge is 0.444 e. The second-order valence-electron chi connectivity index (χ2n) is 8.35. The summed E-state index contributed by atoms with van der Waals surface area (Å²) in [6, 6.07) is 7.49. The van der Waals surface area contributed by atoms with Crippen LogP contribution in [0, 0.1) is 0 Å². The second kappa shape index (κ2) is 9.71. The van der Waals surface area contributed by atoms with Gasteiger partial charge in [0.2, 0.25) is 0 Å². The van der Waals surface area contributed by atoms with E-state index in [-0.39, 0.29) is 12.0 Å². The molecule has 0 spiro atoms. The molecule has 1 aromatic carbocycles. The van der Waals surface area contributed by atoms with E-state index in [4.69, 9.17) is 4.74 Å². The predicted octanol–water partition coefficient (Wildman–Crippen LogP) is 1.61. The smallest absolute Gasteiger partial charge is 0.410 e. The molecule has 1 saturated heterocycles. The van der Waals surface area contributed by atoms with Gasteiger partial charge in [0, 0.05) is 44.8 Å². The van der Waals surface area contributed by atoms with Crippen LogP contribution in [-0.2, 0) is 11.3 Å². The van der Waals surface area contributed by atoms with Crippen LogP contribution in [0.2, 0.25) is 0 Å². The molecule has 0 bridgehead atoms. The molecule has 1 N–H and O–H groups in total. The second-order valence-corrected chi connectivity index (χ2v) is 8.35. The third kappa shape index (κ3) is 6.55. The summed E-state index contributed by atoms with van der Waals surface area (Å²) in [5.41, 5.74) is 1.21. The van der Waals surface area contributed by atoms with Crippen LogP contribution in [0.15, 0.2) is 36.9 Å². The Morgan fingerprint density at radius 3 is 2.40 bits per heavy atom. The van der Waals surface area contributed by atoms with E-state index in [1.54, 1.807) is 15.9 Å². The number of ether oxygens (including phenoxy) is 1. The number of aromatic nitrogens is 3. The zero-order valence-electron chi connectivity index (χ0n) is 17.9. The van der Waals surface area contributed by atoms with Crippen LogP contribution in [0.5, 0.6) is 0 Å². The van der Waals surface area contributed by atoms with Gasteiger partial charge in [-0.2, -0.15) is 5.10 Å². The van der Waals surface area contributed by atoms with E-state index in [0.717, 1.165) is 25.2 Å². The van der Waals surface area contributed by atoms with Gasteiger partial charge in [-0.05, 0) is 38.5 Å². The SMILES string of the molecule is CC(C)(C)OC(=O)N1CCN(CCNC(=O)c2ccc(Cn3cncn3)cc2)CC1. The van der Waals surface area contributed by atoms with E-state index in [0.29, 0.717) is 31.7 Å². The molecule has 3 rings (SSSR count). The zero-order chi connectivity index (χ0) is 21.6. The standard InChI is InChI=1S/C21H30N6O3/c1-21(2,3)30-20(29)26-12-10-25(11-13-26)9-8-23-19(28)18-6-4-17(5-7-18)14-27-16-22-15-24-27/h4-7,15-16H,8-14H2,1-3H3,(H,23,28). The molecule has 2 heterocycles. The average molecular weight is 415 g/mol. The van der Waals surface area contributed by atoms with Gasteiger partial charge >= 0.3 is 6.09 Å². The summed E-state index contributed by atoms with van der Waals surface area (Å²) in [5.74, 6) is -0.0882. The van der Waals surface area contributed by atoms with Crippen LogP contribution < -0.4 is 5.32 Å². The first-order valence-corrected chi connectivity index (χ1v) is 10.2. The Hall–Kier alpha value is -2.94. The first kappa shape index (κ1) is 21.8. The molecule has 0 aliphatic carbocycles. The van der Waals surface area contributed by atoms with Gasteiger partial charge in [0.1, 0.15) is 18.3 Å². The van der Waals surface area contributed by atoms with Crippen molar-refractivity contribution in [2.75, 3.05) is 39.3 Å². The van der Waals surface area contributed by atoms with Gasteiger partial charge in [-0.25, -0.2) is 14.5 Å². The predicted molar refractivity (Wildman–Crippen MR) is 112 cm³/mol. The lowest BCUT2D eigenvalue weighted by Crippen LogP contribution is -2.51. The maximum Gasteiger partial charge on any atom is 0.410 e. The molecule has 9 heteroatoms. The fourth-order valence-corrected chi connectivity index (χ4v) is 3.17. The minimum atomic E-state index is -0.479. The van der Waals surface area contributed by atoms with Gasteiger partial charge in [0.05, 0.1) is 6.54 Å². The molecule has 9 nitrogen and oxygen atoms in total. The van der Waals surface area contributed by atoms with Gasteiger partial charge in [0.25, 0.3) is 5.91 Å². The van der Waals surface area contributed by atoms with E-state index >= 15 is 0 Å². The Kier molecular flexibility index (Phi) is 7.04. The Morgan fingerprint density at radius 2 is 1.80 bits per heavy atom. The summed E-state index contributed by atoms with van der Waals surface area (Å²) < 4.78 is 7.15. The lowest BCUT2D eigenvalue weighted by molar-refractivity contribution is 0.0147. The number of carbonyl (C=O) groups is 2. The summed E-state index contributed by atoms with van der Waals surface area (Å²) in [4.78, 5) is 32.4. The van der Waals surface area contributed by atoms with Crippen molar-refractivity contribution < 1.29 is 14.3 Å². The molecule has 0 saturated carbocycles. The van der Waals surface area contributed by atoms with E-state index in [9.17, 15) is 9.59 Å². The van der Waals surface area contributed by atoms with Crippen LogP contribution in [-0.4, -0.2) is 81.4 Å². The van der Waals surface area contributed by atoms with Crippen molar-refractivity contribution in [2.45, 2.75) is 32.9 Å². The number of rotatable bonds is 6. The fourth-order valence-electron chi connectivity index (χ4n) is 3.17. The minimum Gasteiger partial charge on any atom is -0.444 e. The van der Waals surface area contributed by atoms with Crippen molar-refractivity contribution in [3.05, 3.63) is 48.0 Å². The van der Waals surface area contributed by atoms with Crippen molar-refractivity contribution in [3.63, 3.8) is 0 Å². The van der Waals surface area contributed by atoms with E-state index in [2.05, 4.69) is 20.3 Å². The molecule has 1 aliphatic heterocycles. The molecular formula is C21H30N6O3. The van der Waals surface area contributed by atoms with Crippen molar-refractivity contribution in [1.82, 2.24) is 29.9 Å². The van der Waals surface area contributed by atoms with Crippen LogP contribution in [0.25, 0.3) is 0 Å². The number of nitrogens with one attached hydrogen (secondary N) is 1. The number of hydrogen-bond acceptors (Lipinski definition) is 6. The molecule has 1 fully saturated rings. The van der Waals surface area contributed by atoms with Crippen LogP contribution in [0.3, 0.4) is 0 Å². The highest BCUT2D eigenvalue weighted by Crippen LogP contribution is 2.12. The molecule has 1 aromatic heterocycles. The molecule has 2 aromatic rings. The summed E-state index contributed by atoms with van der Waals surface area (Å²) in [6.45, 7) is 10.3. The summed E-state index contributed by atoms with van der Waals surface area (Å²) in [6.07, 6.45) is 2.90. The number of hydrogen-bond donors (Lipinski definition) is 1. The number of benzene rings is 1. The summed E-state index contributed by atoms with van der Waals surface area (Å²) >= 11 is 0. The zero-order valence-corrected chi connectivity index (χ0v) is 17.9. The summed E-state index contributed by atoms with van der Waals surface area (Å²) in [5, 5.41) is 7.04. The van der Waals surface area contributed by atoms with Crippen LogP contribution in [0.4, 0.5) is 4.79 Å². The molecule has 0 radical (unpaired) electrons. The Morgan fingerprint density at radius 1 is 1.10 bits per heavy atom. The van der Waals surface area contributed by atoms with Gasteiger partial charge in [-0.15, -0.1) is 0 Å². The normalized spacial score (nSPS) is 15.1. The molecule has 0 atom stereocenters. The summed E-state index contributed by atoms with van der Waals surface area (Å²) in [7, 11) is 0. The maximum absolute atomic E-state index is 12.4. The third-order valence-electron chi connectivity index (χ3n) is 4.76. The topological polar surface area (TPSA) is 92.6 Å². The van der Waals surface area contributed by atoms with Gasteiger partial charge in [0.15, 0.2) is 0 Å². The number of piperazine rings is 1. The Bertz CT molecular complexity index is 821. The Balaban J connectivity index is 1.36. The van der Waals surface area contributed by atoms with E-state index < -0.39 is 5.60 Å². The first-order valence-electron chi connectivity index (χ1n) is 10.2. The monoisotopic (exact) mass is 414 g/mol. The third-order valence-corrected chi connectivity index (χ3v) is 4.76. The quantitative estimate of drug-likeness (QED) is 0.772. The average Bonchev–Trinajstić information content (AvgIpc) is 3.21. The molecular weight excluding hydrogens is 384 g/mol. The minimum absolute atomic E-state index is 0.0882. The maximum atomic E-state index is 12.4. The van der Waals surface area contributed by atoms with Crippen molar-refractivity contribution >= 4 is 12.0 Å². The molecule has 2 amide bonds. The highest BCUT2D eigenvalue weighted by molar-refractivity contribution is 5.94.